The minimum absolute atomic E-state index is 0.226. The van der Waals surface area contributed by atoms with Crippen LogP contribution in [0.2, 0.25) is 0 Å². The zero-order chi connectivity index (χ0) is 18.6. The van der Waals surface area contributed by atoms with Gasteiger partial charge in [0.15, 0.2) is 6.04 Å². The minimum Gasteiger partial charge on any atom is -0.458 e. The normalized spacial score (nSPS) is 20.3. The van der Waals surface area contributed by atoms with Crippen LogP contribution in [0.1, 0.15) is 77.6 Å². The molecule has 0 bridgehead atoms. The van der Waals surface area contributed by atoms with Crippen LogP contribution in [0.5, 0.6) is 0 Å². The summed E-state index contributed by atoms with van der Waals surface area (Å²) >= 11 is 0. The minimum atomic E-state index is -0.391. The van der Waals surface area contributed by atoms with E-state index in [0.717, 1.165) is 18.5 Å². The van der Waals surface area contributed by atoms with Gasteiger partial charge in [0.2, 0.25) is 0 Å². The number of carbonyl (C=O) groups is 1. The van der Waals surface area contributed by atoms with Gasteiger partial charge in [-0.25, -0.2) is 4.79 Å². The van der Waals surface area contributed by atoms with Crippen molar-refractivity contribution in [1.82, 2.24) is 0 Å². The molecule has 4 heteroatoms. The van der Waals surface area contributed by atoms with Crippen LogP contribution in [0, 0.1) is 0 Å². The van der Waals surface area contributed by atoms with Crippen LogP contribution < -0.4 is 5.32 Å². The summed E-state index contributed by atoms with van der Waals surface area (Å²) in [6.45, 7) is 2.25. The Morgan fingerprint density at radius 1 is 1.00 bits per heavy atom. The first-order chi connectivity index (χ1) is 12.7. The summed E-state index contributed by atoms with van der Waals surface area (Å²) in [5.41, 5.74) is 0.910. The molecule has 0 saturated carbocycles. The lowest BCUT2D eigenvalue weighted by Crippen LogP contribution is -2.55. The van der Waals surface area contributed by atoms with E-state index in [1.165, 1.54) is 51.4 Å². The molecule has 1 aromatic carbocycles. The highest BCUT2D eigenvalue weighted by molar-refractivity contribution is 5.85. The summed E-state index contributed by atoms with van der Waals surface area (Å²) in [5.74, 6) is -0.228. The summed E-state index contributed by atoms with van der Waals surface area (Å²) in [6, 6.07) is 9.33. The Kier molecular flexibility index (Phi) is 9.54. The van der Waals surface area contributed by atoms with Gasteiger partial charge in [0.25, 0.3) is 0 Å². The number of hydrogen-bond donors (Lipinski definition) is 2. The van der Waals surface area contributed by atoms with Gasteiger partial charge in [0, 0.05) is 12.1 Å². The zero-order valence-electron chi connectivity index (χ0n) is 16.2. The number of carbonyl (C=O) groups excluding carboxylic acids is 1. The van der Waals surface area contributed by atoms with Crippen LogP contribution in [0.15, 0.2) is 30.3 Å². The first-order valence-electron chi connectivity index (χ1n) is 10.4. The van der Waals surface area contributed by atoms with Crippen LogP contribution in [-0.4, -0.2) is 29.3 Å². The van der Waals surface area contributed by atoms with Gasteiger partial charge < -0.3 is 15.2 Å². The smallest absolute Gasteiger partial charge is 0.332 e. The molecule has 26 heavy (non-hydrogen) atoms. The number of hydrogen-bond acceptors (Lipinski definition) is 4. The predicted molar refractivity (Wildman–Crippen MR) is 106 cm³/mol. The van der Waals surface area contributed by atoms with Gasteiger partial charge in [0.05, 0.1) is 6.10 Å². The van der Waals surface area contributed by atoms with Gasteiger partial charge in [-0.1, -0.05) is 82.9 Å². The van der Waals surface area contributed by atoms with Gasteiger partial charge in [-0.05, 0) is 18.6 Å². The number of nitrogens with one attached hydrogen (secondary N) is 1. The van der Waals surface area contributed by atoms with E-state index in [1.807, 2.05) is 30.3 Å². The molecule has 2 rings (SSSR count). The molecule has 0 unspecified atom stereocenters. The fraction of sp³-hybridized carbons (Fsp3) is 0.682. The van der Waals surface area contributed by atoms with Crippen LogP contribution in [0.4, 0.5) is 5.69 Å². The summed E-state index contributed by atoms with van der Waals surface area (Å²) in [7, 11) is 0. The van der Waals surface area contributed by atoms with E-state index in [4.69, 9.17) is 4.74 Å². The SMILES string of the molecule is CCCCCCCCCCC[C@H](O)C[C@H]1OC(=O)[C@@H]1Nc1ccccc1. The molecule has 0 radical (unpaired) electrons. The Balaban J connectivity index is 1.53. The van der Waals surface area contributed by atoms with E-state index in [9.17, 15) is 9.90 Å². The van der Waals surface area contributed by atoms with E-state index >= 15 is 0 Å². The van der Waals surface area contributed by atoms with E-state index in [-0.39, 0.29) is 18.1 Å². The molecule has 0 spiro atoms. The highest BCUT2D eigenvalue weighted by Crippen LogP contribution is 2.25. The third kappa shape index (κ3) is 7.36. The van der Waals surface area contributed by atoms with Crippen molar-refractivity contribution in [2.24, 2.45) is 0 Å². The summed E-state index contributed by atoms with van der Waals surface area (Å²) in [5, 5.41) is 13.4. The number of benzene rings is 1. The number of anilines is 1. The lowest BCUT2D eigenvalue weighted by atomic mass is 9.96. The largest absolute Gasteiger partial charge is 0.458 e. The number of aliphatic hydroxyl groups excluding tert-OH is 1. The fourth-order valence-electron chi connectivity index (χ4n) is 3.50. The standard InChI is InChI=1S/C22H35NO3/c1-2-3-4-5-6-7-8-9-13-16-19(24)17-20-21(22(25)26-20)23-18-14-11-10-12-15-18/h10-12,14-15,19-21,23-24H,2-9,13,16-17H2,1H3/t19-,20+,21+/m0/s1. The van der Waals surface area contributed by atoms with Crippen LogP contribution in [0.25, 0.3) is 0 Å². The summed E-state index contributed by atoms with van der Waals surface area (Å²) < 4.78 is 5.22. The van der Waals surface area contributed by atoms with Crippen LogP contribution >= 0.6 is 0 Å². The van der Waals surface area contributed by atoms with E-state index in [2.05, 4.69) is 12.2 Å². The maximum atomic E-state index is 11.7. The number of aliphatic hydroxyl groups is 1. The first kappa shape index (κ1) is 20.8. The van der Waals surface area contributed by atoms with Crippen molar-refractivity contribution < 1.29 is 14.6 Å². The highest BCUT2D eigenvalue weighted by atomic mass is 16.6. The second kappa shape index (κ2) is 11.9. The highest BCUT2D eigenvalue weighted by Gasteiger charge is 2.43. The Morgan fingerprint density at radius 3 is 2.23 bits per heavy atom. The number of unbranched alkanes of at least 4 members (excludes halogenated alkanes) is 8. The van der Waals surface area contributed by atoms with Crippen molar-refractivity contribution in [3.63, 3.8) is 0 Å². The molecule has 1 aliphatic rings. The predicted octanol–water partition coefficient (Wildman–Crippen LogP) is 5.06. The molecule has 0 aromatic heterocycles. The Labute approximate surface area is 158 Å². The number of cyclic esters (lactones) is 1. The summed E-state index contributed by atoms with van der Waals surface area (Å²) in [6.07, 6.45) is 12.2. The lowest BCUT2D eigenvalue weighted by molar-refractivity contribution is -0.174. The fourth-order valence-corrected chi connectivity index (χ4v) is 3.50. The third-order valence-corrected chi connectivity index (χ3v) is 5.13. The molecule has 1 aromatic rings. The Bertz CT molecular complexity index is 505. The number of rotatable bonds is 14. The van der Waals surface area contributed by atoms with Crippen molar-refractivity contribution in [2.45, 2.75) is 95.8 Å². The topological polar surface area (TPSA) is 58.6 Å². The average molecular weight is 362 g/mol. The van der Waals surface area contributed by atoms with E-state index < -0.39 is 6.10 Å². The van der Waals surface area contributed by atoms with Gasteiger partial charge >= 0.3 is 5.97 Å². The molecule has 1 fully saturated rings. The molecule has 4 nitrogen and oxygen atoms in total. The molecular formula is C22H35NO3. The average Bonchev–Trinajstić information content (AvgIpc) is 2.65. The second-order valence-electron chi connectivity index (χ2n) is 7.47. The molecule has 1 saturated heterocycles. The Morgan fingerprint density at radius 2 is 1.62 bits per heavy atom. The quantitative estimate of drug-likeness (QED) is 0.359. The van der Waals surface area contributed by atoms with Crippen molar-refractivity contribution >= 4 is 11.7 Å². The molecule has 0 aliphatic carbocycles. The van der Waals surface area contributed by atoms with Gasteiger partial charge in [-0.3, -0.25) is 0 Å². The van der Waals surface area contributed by atoms with Crippen LogP contribution in [0.3, 0.4) is 0 Å². The summed E-state index contributed by atoms with van der Waals surface area (Å²) in [4.78, 5) is 11.7. The van der Waals surface area contributed by atoms with Crippen molar-refractivity contribution in [2.75, 3.05) is 5.32 Å². The molecule has 1 aliphatic heterocycles. The van der Waals surface area contributed by atoms with Gasteiger partial charge in [-0.2, -0.15) is 0 Å². The third-order valence-electron chi connectivity index (χ3n) is 5.13. The molecule has 0 amide bonds. The van der Waals surface area contributed by atoms with Crippen molar-refractivity contribution in [3.05, 3.63) is 30.3 Å². The Hall–Kier alpha value is -1.55. The van der Waals surface area contributed by atoms with Crippen LogP contribution in [-0.2, 0) is 9.53 Å². The monoisotopic (exact) mass is 361 g/mol. The van der Waals surface area contributed by atoms with Gasteiger partial charge in [-0.15, -0.1) is 0 Å². The lowest BCUT2D eigenvalue weighted by Gasteiger charge is -2.37. The molecule has 2 N–H and O–H groups in total. The molecule has 3 atom stereocenters. The maximum Gasteiger partial charge on any atom is 0.332 e. The van der Waals surface area contributed by atoms with E-state index in [1.54, 1.807) is 0 Å². The first-order valence-corrected chi connectivity index (χ1v) is 10.4. The number of ether oxygens (including phenoxy) is 1. The molecule has 1 heterocycles. The van der Waals surface area contributed by atoms with Gasteiger partial charge in [0.1, 0.15) is 6.10 Å². The van der Waals surface area contributed by atoms with Crippen molar-refractivity contribution in [3.8, 4) is 0 Å². The van der Waals surface area contributed by atoms with Crippen molar-refractivity contribution in [1.29, 1.82) is 0 Å². The second-order valence-corrected chi connectivity index (χ2v) is 7.47. The molecule has 146 valence electrons. The zero-order valence-corrected chi connectivity index (χ0v) is 16.2. The van der Waals surface area contributed by atoms with E-state index in [0.29, 0.717) is 6.42 Å². The molecular weight excluding hydrogens is 326 g/mol. The number of esters is 1. The maximum absolute atomic E-state index is 11.7. The number of para-hydroxylation sites is 1.